The highest BCUT2D eigenvalue weighted by atomic mass is 16.5. The summed E-state index contributed by atoms with van der Waals surface area (Å²) in [6, 6.07) is 4.26. The molecule has 0 radical (unpaired) electrons. The lowest BCUT2D eigenvalue weighted by molar-refractivity contribution is -0.136. The third-order valence-corrected chi connectivity index (χ3v) is 5.74. The standard InChI is InChI=1S/C20H25N3O5/c1-12-7-8-14(17(25)28-3)10-15(12)21-16(24)11-23-18(26)20(22-19(23)27)9-5-4-6-13(20)2/h7-8,10,13H,4-6,9,11H2,1-3H3,(H,21,24)(H,22,27). The highest BCUT2D eigenvalue weighted by Gasteiger charge is 2.55. The molecule has 2 N–H and O–H groups in total. The number of methoxy groups -OCH3 is 1. The lowest BCUT2D eigenvalue weighted by Gasteiger charge is -2.36. The maximum Gasteiger partial charge on any atom is 0.337 e. The van der Waals surface area contributed by atoms with Gasteiger partial charge in [0, 0.05) is 5.69 Å². The first-order valence-corrected chi connectivity index (χ1v) is 9.41. The van der Waals surface area contributed by atoms with Gasteiger partial charge in [-0.2, -0.15) is 0 Å². The van der Waals surface area contributed by atoms with Crippen molar-refractivity contribution in [3.8, 4) is 0 Å². The van der Waals surface area contributed by atoms with Crippen LogP contribution in [-0.2, 0) is 14.3 Å². The maximum absolute atomic E-state index is 12.9. The Hall–Kier alpha value is -2.90. The molecular formula is C20H25N3O5. The zero-order valence-electron chi connectivity index (χ0n) is 16.3. The zero-order valence-corrected chi connectivity index (χ0v) is 16.3. The molecule has 2 unspecified atom stereocenters. The van der Waals surface area contributed by atoms with Crippen LogP contribution in [0.4, 0.5) is 10.5 Å². The van der Waals surface area contributed by atoms with Gasteiger partial charge in [-0.25, -0.2) is 9.59 Å². The summed E-state index contributed by atoms with van der Waals surface area (Å²) >= 11 is 0. The van der Waals surface area contributed by atoms with Gasteiger partial charge in [-0.3, -0.25) is 14.5 Å². The van der Waals surface area contributed by atoms with Crippen LogP contribution in [0.25, 0.3) is 0 Å². The van der Waals surface area contributed by atoms with E-state index in [9.17, 15) is 19.2 Å². The van der Waals surface area contributed by atoms with Crippen molar-refractivity contribution in [2.75, 3.05) is 19.0 Å². The van der Waals surface area contributed by atoms with Gasteiger partial charge in [0.15, 0.2) is 0 Å². The van der Waals surface area contributed by atoms with Gasteiger partial charge >= 0.3 is 12.0 Å². The van der Waals surface area contributed by atoms with Crippen molar-refractivity contribution in [3.63, 3.8) is 0 Å². The minimum atomic E-state index is -0.893. The molecule has 8 heteroatoms. The van der Waals surface area contributed by atoms with Crippen LogP contribution in [0.1, 0.15) is 48.5 Å². The van der Waals surface area contributed by atoms with Crippen molar-refractivity contribution in [1.82, 2.24) is 10.2 Å². The van der Waals surface area contributed by atoms with Crippen molar-refractivity contribution in [3.05, 3.63) is 29.3 Å². The van der Waals surface area contributed by atoms with Crippen LogP contribution >= 0.6 is 0 Å². The fraction of sp³-hybridized carbons (Fsp3) is 0.500. The van der Waals surface area contributed by atoms with Gasteiger partial charge in [0.25, 0.3) is 5.91 Å². The Bertz CT molecular complexity index is 837. The van der Waals surface area contributed by atoms with Crippen LogP contribution in [0.3, 0.4) is 0 Å². The minimum absolute atomic E-state index is 0.0322. The van der Waals surface area contributed by atoms with Crippen LogP contribution in [0.2, 0.25) is 0 Å². The Kier molecular flexibility index (Phi) is 5.40. The number of aryl methyl sites for hydroxylation is 1. The number of hydrogen-bond acceptors (Lipinski definition) is 5. The van der Waals surface area contributed by atoms with Gasteiger partial charge in [0.05, 0.1) is 12.7 Å². The topological polar surface area (TPSA) is 105 Å². The molecule has 3 rings (SSSR count). The molecule has 2 atom stereocenters. The molecule has 28 heavy (non-hydrogen) atoms. The van der Waals surface area contributed by atoms with Crippen molar-refractivity contribution in [2.24, 2.45) is 5.92 Å². The summed E-state index contributed by atoms with van der Waals surface area (Å²) in [6.45, 7) is 3.37. The Morgan fingerprint density at radius 3 is 2.75 bits per heavy atom. The maximum atomic E-state index is 12.9. The van der Waals surface area contributed by atoms with E-state index in [-0.39, 0.29) is 18.4 Å². The van der Waals surface area contributed by atoms with E-state index in [2.05, 4.69) is 15.4 Å². The summed E-state index contributed by atoms with van der Waals surface area (Å²) in [4.78, 5) is 50.5. The first-order valence-electron chi connectivity index (χ1n) is 9.41. The van der Waals surface area contributed by atoms with Crippen molar-refractivity contribution >= 4 is 29.5 Å². The fourth-order valence-corrected chi connectivity index (χ4v) is 3.97. The number of carbonyl (C=O) groups excluding carboxylic acids is 4. The van der Waals surface area contributed by atoms with E-state index in [0.29, 0.717) is 17.7 Å². The zero-order chi connectivity index (χ0) is 20.5. The molecule has 1 saturated carbocycles. The molecule has 2 fully saturated rings. The van der Waals surface area contributed by atoms with Crippen LogP contribution in [0.5, 0.6) is 0 Å². The summed E-state index contributed by atoms with van der Waals surface area (Å²) in [6.07, 6.45) is 3.36. The molecule has 1 aromatic carbocycles. The van der Waals surface area contributed by atoms with Gasteiger partial charge in [-0.1, -0.05) is 25.8 Å². The first kappa shape index (κ1) is 19.9. The number of rotatable bonds is 4. The van der Waals surface area contributed by atoms with Gasteiger partial charge < -0.3 is 15.4 Å². The number of imide groups is 1. The Morgan fingerprint density at radius 2 is 2.07 bits per heavy atom. The molecule has 8 nitrogen and oxygen atoms in total. The molecule has 0 bridgehead atoms. The number of hydrogen-bond donors (Lipinski definition) is 2. The smallest absolute Gasteiger partial charge is 0.337 e. The van der Waals surface area contributed by atoms with E-state index in [1.807, 2.05) is 6.92 Å². The molecule has 1 aliphatic carbocycles. The van der Waals surface area contributed by atoms with Crippen LogP contribution in [0, 0.1) is 12.8 Å². The van der Waals surface area contributed by atoms with Crippen molar-refractivity contribution in [1.29, 1.82) is 0 Å². The summed E-state index contributed by atoms with van der Waals surface area (Å²) in [5, 5.41) is 5.51. The second-order valence-corrected chi connectivity index (χ2v) is 7.51. The largest absolute Gasteiger partial charge is 0.465 e. The molecule has 1 spiro atoms. The number of nitrogens with one attached hydrogen (secondary N) is 2. The summed E-state index contributed by atoms with van der Waals surface area (Å²) in [5.41, 5.74) is 0.584. The SMILES string of the molecule is COC(=O)c1ccc(C)c(NC(=O)CN2C(=O)NC3(CCCCC3C)C2=O)c1. The number of nitrogens with zero attached hydrogens (tertiary/aromatic N) is 1. The van der Waals surface area contributed by atoms with E-state index in [4.69, 9.17) is 0 Å². The molecule has 1 saturated heterocycles. The molecule has 4 amide bonds. The highest BCUT2D eigenvalue weighted by Crippen LogP contribution is 2.38. The van der Waals surface area contributed by atoms with Crippen LogP contribution in [0.15, 0.2) is 18.2 Å². The summed E-state index contributed by atoms with van der Waals surface area (Å²) < 4.78 is 4.69. The first-order chi connectivity index (χ1) is 13.3. The van der Waals surface area contributed by atoms with Gasteiger partial charge in [-0.15, -0.1) is 0 Å². The number of benzene rings is 1. The minimum Gasteiger partial charge on any atom is -0.465 e. The average Bonchev–Trinajstić information content (AvgIpc) is 2.90. The summed E-state index contributed by atoms with van der Waals surface area (Å²) in [5.74, 6) is -1.32. The fourth-order valence-electron chi connectivity index (χ4n) is 3.97. The number of amides is 4. The van der Waals surface area contributed by atoms with E-state index in [1.165, 1.54) is 13.2 Å². The normalized spacial score (nSPS) is 24.2. The van der Waals surface area contributed by atoms with Crippen molar-refractivity contribution < 1.29 is 23.9 Å². The second kappa shape index (κ2) is 7.61. The van der Waals surface area contributed by atoms with E-state index >= 15 is 0 Å². The molecule has 150 valence electrons. The van der Waals surface area contributed by atoms with Crippen LogP contribution in [-0.4, -0.2) is 47.9 Å². The lowest BCUT2D eigenvalue weighted by Crippen LogP contribution is -2.54. The van der Waals surface area contributed by atoms with Gasteiger partial charge in [0.2, 0.25) is 5.91 Å². The highest BCUT2D eigenvalue weighted by molar-refractivity contribution is 6.10. The Morgan fingerprint density at radius 1 is 1.32 bits per heavy atom. The number of ether oxygens (including phenoxy) is 1. The van der Waals surface area contributed by atoms with Gasteiger partial charge in [0.1, 0.15) is 12.1 Å². The lowest BCUT2D eigenvalue weighted by atomic mass is 9.73. The predicted octanol–water partition coefficient (Wildman–Crippen LogP) is 2.22. The van der Waals surface area contributed by atoms with Crippen molar-refractivity contribution in [2.45, 2.75) is 45.1 Å². The van der Waals surface area contributed by atoms with E-state index in [0.717, 1.165) is 29.7 Å². The Labute approximate surface area is 163 Å². The average molecular weight is 387 g/mol. The third-order valence-electron chi connectivity index (χ3n) is 5.74. The number of carbonyl (C=O) groups is 4. The molecule has 1 aliphatic heterocycles. The third kappa shape index (κ3) is 3.46. The Balaban J connectivity index is 1.72. The molecule has 1 aromatic rings. The molecular weight excluding hydrogens is 362 g/mol. The number of esters is 1. The second-order valence-electron chi connectivity index (χ2n) is 7.51. The number of anilines is 1. The van der Waals surface area contributed by atoms with Crippen LogP contribution < -0.4 is 10.6 Å². The number of urea groups is 1. The van der Waals surface area contributed by atoms with Gasteiger partial charge in [-0.05, 0) is 43.4 Å². The van der Waals surface area contributed by atoms with E-state index in [1.54, 1.807) is 19.1 Å². The molecule has 1 heterocycles. The predicted molar refractivity (Wildman–Crippen MR) is 102 cm³/mol. The molecule has 0 aromatic heterocycles. The monoisotopic (exact) mass is 387 g/mol. The molecule has 2 aliphatic rings. The van der Waals surface area contributed by atoms with E-state index < -0.39 is 23.4 Å². The quantitative estimate of drug-likeness (QED) is 0.609. The summed E-state index contributed by atoms with van der Waals surface area (Å²) in [7, 11) is 1.28.